The molecule has 0 radical (unpaired) electrons. The minimum Gasteiger partial charge on any atom is -0.395 e. The summed E-state index contributed by atoms with van der Waals surface area (Å²) in [7, 11) is 0. The van der Waals surface area contributed by atoms with Gasteiger partial charge in [0.15, 0.2) is 11.3 Å². The highest BCUT2D eigenvalue weighted by molar-refractivity contribution is 5.95. The third-order valence-electron chi connectivity index (χ3n) is 4.23. The van der Waals surface area contributed by atoms with E-state index in [0.717, 1.165) is 0 Å². The van der Waals surface area contributed by atoms with Crippen LogP contribution in [0.1, 0.15) is 10.4 Å². The van der Waals surface area contributed by atoms with Gasteiger partial charge < -0.3 is 10.4 Å². The molecule has 0 aliphatic rings. The van der Waals surface area contributed by atoms with E-state index in [2.05, 4.69) is 20.3 Å². The molecule has 4 aromatic rings. The second-order valence-electron chi connectivity index (χ2n) is 6.09. The number of aliphatic hydroxyl groups excluding tert-OH is 1. The number of aromatic nitrogens is 4. The molecule has 140 valence electrons. The molecule has 2 heterocycles. The van der Waals surface area contributed by atoms with Gasteiger partial charge in [0.2, 0.25) is 0 Å². The van der Waals surface area contributed by atoms with Gasteiger partial charge in [-0.25, -0.2) is 19.3 Å². The van der Waals surface area contributed by atoms with Crippen molar-refractivity contribution in [1.82, 2.24) is 24.8 Å². The van der Waals surface area contributed by atoms with Gasteiger partial charge >= 0.3 is 5.69 Å². The Kier molecular flexibility index (Phi) is 4.69. The first-order valence-electron chi connectivity index (χ1n) is 8.70. The lowest BCUT2D eigenvalue weighted by Crippen LogP contribution is -2.26. The van der Waals surface area contributed by atoms with Crippen LogP contribution in [0, 0.1) is 0 Å². The fourth-order valence-electron chi connectivity index (χ4n) is 2.93. The number of amides is 1. The van der Waals surface area contributed by atoms with Crippen molar-refractivity contribution < 1.29 is 9.90 Å². The number of rotatable bonds is 5. The van der Waals surface area contributed by atoms with Crippen molar-refractivity contribution in [1.29, 1.82) is 0 Å². The molecule has 0 unspecified atom stereocenters. The molecular weight excluding hydrogens is 358 g/mol. The Hall–Kier alpha value is -3.78. The third-order valence-corrected chi connectivity index (χ3v) is 4.23. The molecule has 8 heteroatoms. The zero-order valence-electron chi connectivity index (χ0n) is 14.8. The number of para-hydroxylation sites is 1. The number of H-pyrrole nitrogens is 1. The highest BCUT2D eigenvalue weighted by Crippen LogP contribution is 2.20. The van der Waals surface area contributed by atoms with E-state index in [0.29, 0.717) is 33.8 Å². The number of benzene rings is 2. The summed E-state index contributed by atoms with van der Waals surface area (Å²) < 4.78 is 1.46. The van der Waals surface area contributed by atoms with Crippen molar-refractivity contribution in [3.63, 3.8) is 0 Å². The number of carbonyl (C=O) groups is 1. The predicted octanol–water partition coefficient (Wildman–Crippen LogP) is 1.50. The van der Waals surface area contributed by atoms with E-state index in [1.54, 1.807) is 24.4 Å². The Morgan fingerprint density at radius 2 is 1.96 bits per heavy atom. The van der Waals surface area contributed by atoms with Crippen LogP contribution in [0.5, 0.6) is 0 Å². The largest absolute Gasteiger partial charge is 0.395 e. The van der Waals surface area contributed by atoms with Gasteiger partial charge in [-0.3, -0.25) is 9.78 Å². The summed E-state index contributed by atoms with van der Waals surface area (Å²) in [6, 6.07) is 16.1. The fourth-order valence-corrected chi connectivity index (χ4v) is 2.93. The number of nitrogens with one attached hydrogen (secondary N) is 2. The van der Waals surface area contributed by atoms with Crippen LogP contribution in [0.2, 0.25) is 0 Å². The van der Waals surface area contributed by atoms with Crippen molar-refractivity contribution in [2.24, 2.45) is 0 Å². The summed E-state index contributed by atoms with van der Waals surface area (Å²) in [5.74, 6) is -0.284. The summed E-state index contributed by atoms with van der Waals surface area (Å²) in [6.45, 7) is 0.0579. The normalized spacial score (nSPS) is 10.9. The van der Waals surface area contributed by atoms with Crippen molar-refractivity contribution in [2.75, 3.05) is 13.2 Å². The van der Waals surface area contributed by atoms with E-state index in [1.165, 1.54) is 4.57 Å². The number of nitrogens with zero attached hydrogens (tertiary/aromatic N) is 3. The first-order chi connectivity index (χ1) is 13.7. The van der Waals surface area contributed by atoms with Gasteiger partial charge in [0.1, 0.15) is 0 Å². The Bertz CT molecular complexity index is 1200. The Morgan fingerprint density at radius 3 is 2.75 bits per heavy atom. The Morgan fingerprint density at radius 1 is 1.14 bits per heavy atom. The van der Waals surface area contributed by atoms with E-state index >= 15 is 0 Å². The maximum Gasteiger partial charge on any atom is 0.333 e. The topological polar surface area (TPSA) is 113 Å². The molecule has 0 saturated heterocycles. The minimum atomic E-state index is -0.324. The SMILES string of the molecule is O=C(NCCO)c1cccc(-c2cnc3c(n2)[nH]c(=O)n3-c2ccccc2)c1. The molecule has 4 rings (SSSR count). The highest BCUT2D eigenvalue weighted by Gasteiger charge is 2.13. The van der Waals surface area contributed by atoms with Crippen LogP contribution in [0.15, 0.2) is 65.6 Å². The molecule has 0 atom stereocenters. The average molecular weight is 375 g/mol. The lowest BCUT2D eigenvalue weighted by atomic mass is 10.1. The molecule has 0 spiro atoms. The first kappa shape index (κ1) is 17.6. The zero-order chi connectivity index (χ0) is 19.5. The lowest BCUT2D eigenvalue weighted by molar-refractivity contribution is 0.0945. The molecule has 1 amide bonds. The summed E-state index contributed by atoms with van der Waals surface area (Å²) in [5, 5.41) is 11.4. The van der Waals surface area contributed by atoms with Gasteiger partial charge in [-0.2, -0.15) is 0 Å². The van der Waals surface area contributed by atoms with Crippen molar-refractivity contribution in [3.05, 3.63) is 76.8 Å². The molecule has 28 heavy (non-hydrogen) atoms. The maximum atomic E-state index is 12.4. The molecule has 8 nitrogen and oxygen atoms in total. The number of imidazole rings is 1. The van der Waals surface area contributed by atoms with E-state index in [1.807, 2.05) is 36.4 Å². The second kappa shape index (κ2) is 7.45. The number of hydrogen-bond acceptors (Lipinski definition) is 5. The van der Waals surface area contributed by atoms with Gasteiger partial charge in [-0.05, 0) is 24.3 Å². The van der Waals surface area contributed by atoms with Gasteiger partial charge in [0.05, 0.1) is 24.2 Å². The van der Waals surface area contributed by atoms with Crippen LogP contribution in [-0.2, 0) is 0 Å². The standard InChI is InChI=1S/C20H17N5O3/c26-10-9-21-19(27)14-6-4-5-13(11-14)16-12-22-18-17(23-16)24-20(28)25(18)15-7-2-1-3-8-15/h1-8,11-12,26H,9-10H2,(H,21,27)(H,23,24,28). The van der Waals surface area contributed by atoms with Crippen LogP contribution in [-0.4, -0.2) is 43.7 Å². The lowest BCUT2D eigenvalue weighted by Gasteiger charge is -2.06. The van der Waals surface area contributed by atoms with Gasteiger partial charge in [0.25, 0.3) is 5.91 Å². The van der Waals surface area contributed by atoms with Crippen LogP contribution < -0.4 is 11.0 Å². The Balaban J connectivity index is 1.74. The van der Waals surface area contributed by atoms with Crippen molar-refractivity contribution >= 4 is 17.2 Å². The molecule has 0 fully saturated rings. The quantitative estimate of drug-likeness (QED) is 0.489. The molecule has 0 aliphatic heterocycles. The summed E-state index contributed by atoms with van der Waals surface area (Å²) in [5.41, 5.74) is 2.84. The zero-order valence-corrected chi connectivity index (χ0v) is 14.8. The number of fused-ring (bicyclic) bond motifs is 1. The third kappa shape index (κ3) is 3.28. The average Bonchev–Trinajstić information content (AvgIpc) is 3.07. The molecular formula is C20H17N5O3. The molecule has 2 aromatic carbocycles. The van der Waals surface area contributed by atoms with Crippen LogP contribution >= 0.6 is 0 Å². The summed E-state index contributed by atoms with van der Waals surface area (Å²) in [4.78, 5) is 36.1. The van der Waals surface area contributed by atoms with Gasteiger partial charge in [-0.15, -0.1) is 0 Å². The van der Waals surface area contributed by atoms with Gasteiger partial charge in [-0.1, -0.05) is 30.3 Å². The minimum absolute atomic E-state index is 0.126. The predicted molar refractivity (Wildman–Crippen MR) is 104 cm³/mol. The molecule has 0 aliphatic carbocycles. The first-order valence-corrected chi connectivity index (χ1v) is 8.70. The number of aromatic amines is 1. The van der Waals surface area contributed by atoms with Gasteiger partial charge in [0, 0.05) is 17.7 Å². The summed E-state index contributed by atoms with van der Waals surface area (Å²) >= 11 is 0. The van der Waals surface area contributed by atoms with E-state index in [-0.39, 0.29) is 24.7 Å². The maximum absolute atomic E-state index is 12.4. The van der Waals surface area contributed by atoms with E-state index in [4.69, 9.17) is 5.11 Å². The van der Waals surface area contributed by atoms with E-state index < -0.39 is 0 Å². The molecule has 0 saturated carbocycles. The number of aliphatic hydroxyl groups is 1. The molecule has 2 aromatic heterocycles. The fraction of sp³-hybridized carbons (Fsp3) is 0.100. The van der Waals surface area contributed by atoms with Crippen LogP contribution in [0.25, 0.3) is 28.2 Å². The number of hydrogen-bond donors (Lipinski definition) is 3. The van der Waals surface area contributed by atoms with Crippen LogP contribution in [0.4, 0.5) is 0 Å². The van der Waals surface area contributed by atoms with Crippen LogP contribution in [0.3, 0.4) is 0 Å². The monoisotopic (exact) mass is 375 g/mol. The smallest absolute Gasteiger partial charge is 0.333 e. The van der Waals surface area contributed by atoms with Crippen molar-refractivity contribution in [3.8, 4) is 16.9 Å². The number of carbonyl (C=O) groups excluding carboxylic acids is 1. The highest BCUT2D eigenvalue weighted by atomic mass is 16.3. The van der Waals surface area contributed by atoms with E-state index in [9.17, 15) is 9.59 Å². The molecule has 3 N–H and O–H groups in total. The molecule has 0 bridgehead atoms. The van der Waals surface area contributed by atoms with Crippen molar-refractivity contribution in [2.45, 2.75) is 0 Å². The second-order valence-corrected chi connectivity index (χ2v) is 6.09. The summed E-state index contributed by atoms with van der Waals surface area (Å²) in [6.07, 6.45) is 1.57. The Labute approximate surface area is 159 Å².